The molecule has 6 nitrogen and oxygen atoms in total. The van der Waals surface area contributed by atoms with E-state index in [1.807, 2.05) is 6.92 Å². The molecule has 0 aliphatic heterocycles. The van der Waals surface area contributed by atoms with Gasteiger partial charge in [0, 0.05) is 7.05 Å². The van der Waals surface area contributed by atoms with Crippen LogP contribution in [0.3, 0.4) is 0 Å². The molecule has 112 valence electrons. The van der Waals surface area contributed by atoms with Gasteiger partial charge in [0.2, 0.25) is 0 Å². The number of aromatic carboxylic acids is 1. The molecule has 0 saturated heterocycles. The monoisotopic (exact) mass is 308 g/mol. The number of rotatable bonds is 5. The fraction of sp³-hybridized carbons (Fsp3) is 0.286. The highest BCUT2D eigenvalue weighted by molar-refractivity contribution is 7.90. The van der Waals surface area contributed by atoms with Crippen LogP contribution in [0.2, 0.25) is 0 Å². The van der Waals surface area contributed by atoms with Crippen LogP contribution < -0.4 is 0 Å². The number of sulfone groups is 1. The molecule has 1 N–H and O–H groups in total. The van der Waals surface area contributed by atoms with E-state index in [9.17, 15) is 13.2 Å². The van der Waals surface area contributed by atoms with Crippen LogP contribution in [-0.2, 0) is 29.1 Å². The Hall–Kier alpha value is -2.15. The van der Waals surface area contributed by atoms with Crippen molar-refractivity contribution < 1.29 is 18.3 Å². The van der Waals surface area contributed by atoms with Gasteiger partial charge in [0.05, 0.1) is 27.6 Å². The fourth-order valence-corrected chi connectivity index (χ4v) is 3.66. The second-order valence-electron chi connectivity index (χ2n) is 4.66. The minimum absolute atomic E-state index is 0.170. The molecule has 0 fully saturated rings. The minimum atomic E-state index is -3.75. The summed E-state index contributed by atoms with van der Waals surface area (Å²) in [6, 6.07) is 7.34. The molecule has 0 bridgehead atoms. The van der Waals surface area contributed by atoms with E-state index in [0.29, 0.717) is 12.1 Å². The number of hydrogen-bond donors (Lipinski definition) is 1. The van der Waals surface area contributed by atoms with Gasteiger partial charge in [0.15, 0.2) is 9.84 Å². The molecule has 0 unspecified atom stereocenters. The number of carbonyl (C=O) groups is 1. The van der Waals surface area contributed by atoms with Crippen LogP contribution in [0, 0.1) is 0 Å². The van der Waals surface area contributed by atoms with Crippen molar-refractivity contribution in [3.8, 4) is 0 Å². The highest BCUT2D eigenvalue weighted by atomic mass is 32.2. The van der Waals surface area contributed by atoms with Crippen molar-refractivity contribution in [3.05, 3.63) is 47.3 Å². The quantitative estimate of drug-likeness (QED) is 0.907. The van der Waals surface area contributed by atoms with Gasteiger partial charge in [-0.1, -0.05) is 19.1 Å². The average molecular weight is 308 g/mol. The van der Waals surface area contributed by atoms with Crippen molar-refractivity contribution in [2.75, 3.05) is 0 Å². The molecule has 0 saturated carbocycles. The van der Waals surface area contributed by atoms with Gasteiger partial charge in [-0.15, -0.1) is 0 Å². The highest BCUT2D eigenvalue weighted by Gasteiger charge is 2.23. The zero-order chi connectivity index (χ0) is 15.6. The molecule has 7 heteroatoms. The smallest absolute Gasteiger partial charge is 0.337 e. The molecule has 0 spiro atoms. The maximum Gasteiger partial charge on any atom is 0.337 e. The zero-order valence-corrected chi connectivity index (χ0v) is 12.6. The molecule has 0 amide bonds. The summed E-state index contributed by atoms with van der Waals surface area (Å²) in [5, 5.41) is 13.3. The highest BCUT2D eigenvalue weighted by Crippen LogP contribution is 2.21. The van der Waals surface area contributed by atoms with Gasteiger partial charge in [0.1, 0.15) is 0 Å². The Kier molecular flexibility index (Phi) is 4.13. The maximum absolute atomic E-state index is 12.5. The molecule has 1 aromatic heterocycles. The first-order chi connectivity index (χ1) is 9.85. The van der Waals surface area contributed by atoms with Crippen molar-refractivity contribution in [2.45, 2.75) is 24.0 Å². The number of nitrogens with zero attached hydrogens (tertiary/aromatic N) is 2. The summed E-state index contributed by atoms with van der Waals surface area (Å²) in [5.74, 6) is -1.53. The largest absolute Gasteiger partial charge is 0.478 e. The molecule has 1 heterocycles. The zero-order valence-electron chi connectivity index (χ0n) is 11.8. The normalized spacial score (nSPS) is 11.5. The van der Waals surface area contributed by atoms with Crippen molar-refractivity contribution in [3.63, 3.8) is 0 Å². The number of carboxylic acid groups (broad SMARTS) is 1. The lowest BCUT2D eigenvalue weighted by atomic mass is 10.2. The Bertz CT molecular complexity index is 778. The average Bonchev–Trinajstić information content (AvgIpc) is 2.78. The molecule has 2 aromatic rings. The van der Waals surface area contributed by atoms with Gasteiger partial charge >= 0.3 is 5.97 Å². The van der Waals surface area contributed by atoms with Gasteiger partial charge in [-0.05, 0) is 24.6 Å². The topological polar surface area (TPSA) is 89.3 Å². The number of benzene rings is 1. The van der Waals surface area contributed by atoms with Crippen LogP contribution in [-0.4, -0.2) is 29.3 Å². The first-order valence-corrected chi connectivity index (χ1v) is 8.07. The fourth-order valence-electron chi connectivity index (χ4n) is 2.07. The van der Waals surface area contributed by atoms with Crippen molar-refractivity contribution in [1.82, 2.24) is 9.78 Å². The van der Waals surface area contributed by atoms with Crippen LogP contribution in [0.5, 0.6) is 0 Å². The van der Waals surface area contributed by atoms with E-state index in [4.69, 9.17) is 5.11 Å². The molecule has 0 aliphatic rings. The van der Waals surface area contributed by atoms with Gasteiger partial charge in [-0.3, -0.25) is 4.68 Å². The van der Waals surface area contributed by atoms with E-state index >= 15 is 0 Å². The molecule has 0 radical (unpaired) electrons. The first kappa shape index (κ1) is 15.2. The van der Waals surface area contributed by atoms with Crippen LogP contribution in [0.15, 0.2) is 35.2 Å². The molecule has 0 aliphatic carbocycles. The lowest BCUT2D eigenvalue weighted by Crippen LogP contribution is -2.13. The third-order valence-electron chi connectivity index (χ3n) is 3.18. The molecular weight excluding hydrogens is 292 g/mol. The van der Waals surface area contributed by atoms with Crippen molar-refractivity contribution in [2.24, 2.45) is 7.05 Å². The SMILES string of the molecule is CCc1cc(CS(=O)(=O)c2ccccc2C(=O)O)n(C)n1. The Morgan fingerprint density at radius 3 is 2.57 bits per heavy atom. The molecular formula is C14H16N2O4S. The Morgan fingerprint density at radius 1 is 1.33 bits per heavy atom. The summed E-state index contributed by atoms with van der Waals surface area (Å²) >= 11 is 0. The summed E-state index contributed by atoms with van der Waals surface area (Å²) in [5.41, 5.74) is 1.12. The van der Waals surface area contributed by atoms with Gasteiger partial charge in [-0.25, -0.2) is 13.2 Å². The molecule has 2 rings (SSSR count). The van der Waals surface area contributed by atoms with Crippen molar-refractivity contribution >= 4 is 15.8 Å². The van der Waals surface area contributed by atoms with E-state index in [0.717, 1.165) is 5.69 Å². The molecule has 1 aromatic carbocycles. The van der Waals surface area contributed by atoms with Crippen LogP contribution >= 0.6 is 0 Å². The van der Waals surface area contributed by atoms with E-state index < -0.39 is 15.8 Å². The molecule has 0 atom stereocenters. The lowest BCUT2D eigenvalue weighted by molar-refractivity contribution is 0.0692. The third kappa shape index (κ3) is 3.13. The Balaban J connectivity index is 2.43. The lowest BCUT2D eigenvalue weighted by Gasteiger charge is -2.07. The predicted molar refractivity (Wildman–Crippen MR) is 76.9 cm³/mol. The third-order valence-corrected chi connectivity index (χ3v) is 4.88. The maximum atomic E-state index is 12.5. The minimum Gasteiger partial charge on any atom is -0.478 e. The summed E-state index contributed by atoms with van der Waals surface area (Å²) < 4.78 is 26.5. The standard InChI is InChI=1S/C14H16N2O4S/c1-3-10-8-11(16(2)15-10)9-21(19,20)13-7-5-4-6-12(13)14(17)18/h4-8H,3,9H2,1-2H3,(H,17,18). The van der Waals surface area contributed by atoms with E-state index in [2.05, 4.69) is 5.10 Å². The summed E-state index contributed by atoms with van der Waals surface area (Å²) in [7, 11) is -2.07. The predicted octanol–water partition coefficient (Wildman–Crippen LogP) is 1.65. The first-order valence-electron chi connectivity index (χ1n) is 6.42. The van der Waals surface area contributed by atoms with Crippen molar-refractivity contribution in [1.29, 1.82) is 0 Å². The van der Waals surface area contributed by atoms with Crippen LogP contribution in [0.1, 0.15) is 28.7 Å². The Morgan fingerprint density at radius 2 is 2.00 bits per heavy atom. The Labute approximate surface area is 123 Å². The summed E-state index contributed by atoms with van der Waals surface area (Å²) in [6.45, 7) is 1.93. The van der Waals surface area contributed by atoms with E-state index in [1.165, 1.54) is 28.9 Å². The number of aryl methyl sites for hydroxylation is 2. The van der Waals surface area contributed by atoms with Crippen LogP contribution in [0.25, 0.3) is 0 Å². The van der Waals surface area contributed by atoms with Gasteiger partial charge < -0.3 is 5.11 Å². The number of carboxylic acids is 1. The second-order valence-corrected chi connectivity index (χ2v) is 6.62. The van der Waals surface area contributed by atoms with E-state index in [-0.39, 0.29) is 16.2 Å². The number of hydrogen-bond acceptors (Lipinski definition) is 4. The number of aromatic nitrogens is 2. The summed E-state index contributed by atoms with van der Waals surface area (Å²) in [4.78, 5) is 11.0. The summed E-state index contributed by atoms with van der Waals surface area (Å²) in [6.07, 6.45) is 0.708. The van der Waals surface area contributed by atoms with Crippen LogP contribution in [0.4, 0.5) is 0 Å². The van der Waals surface area contributed by atoms with Gasteiger partial charge in [0.25, 0.3) is 0 Å². The molecule has 21 heavy (non-hydrogen) atoms. The second kappa shape index (κ2) is 5.69. The van der Waals surface area contributed by atoms with E-state index in [1.54, 1.807) is 13.1 Å². The van der Waals surface area contributed by atoms with Gasteiger partial charge in [-0.2, -0.15) is 5.10 Å².